The highest BCUT2D eigenvalue weighted by Gasteiger charge is 2.38. The van der Waals surface area contributed by atoms with Crippen molar-refractivity contribution in [2.24, 2.45) is 0 Å². The summed E-state index contributed by atoms with van der Waals surface area (Å²) in [6, 6.07) is 9.79. The first-order valence-electron chi connectivity index (χ1n) is 12.5. The molecule has 1 fully saturated rings. The summed E-state index contributed by atoms with van der Waals surface area (Å²) in [5, 5.41) is 0. The lowest BCUT2D eigenvalue weighted by molar-refractivity contribution is -0.0610. The van der Waals surface area contributed by atoms with E-state index >= 15 is 0 Å². The Morgan fingerprint density at radius 2 is 1.83 bits per heavy atom. The number of hydrogen-bond acceptors (Lipinski definition) is 8. The molecular formula is C27H39N3O6. The quantitative estimate of drug-likeness (QED) is 0.455. The molecular weight excluding hydrogens is 462 g/mol. The summed E-state index contributed by atoms with van der Waals surface area (Å²) < 4.78 is 29.2. The molecule has 9 heteroatoms. The van der Waals surface area contributed by atoms with Crippen molar-refractivity contribution in [3.8, 4) is 17.8 Å². The van der Waals surface area contributed by atoms with E-state index in [9.17, 15) is 4.79 Å². The molecule has 0 radical (unpaired) electrons. The number of piperidine rings is 1. The van der Waals surface area contributed by atoms with Crippen molar-refractivity contribution in [3.05, 3.63) is 41.5 Å². The van der Waals surface area contributed by atoms with E-state index in [1.165, 1.54) is 0 Å². The normalized spacial score (nSPS) is 18.2. The van der Waals surface area contributed by atoms with Gasteiger partial charge in [0, 0.05) is 6.54 Å². The molecule has 2 aromatic rings. The monoisotopic (exact) mass is 501 g/mol. The predicted octanol–water partition coefficient (Wildman–Crippen LogP) is 5.33. The Labute approximate surface area is 214 Å². The molecule has 1 aromatic carbocycles. The van der Waals surface area contributed by atoms with Crippen LogP contribution in [0.15, 0.2) is 30.3 Å². The van der Waals surface area contributed by atoms with E-state index in [0.717, 1.165) is 18.4 Å². The molecule has 2 atom stereocenters. The molecule has 0 bridgehead atoms. The fourth-order valence-corrected chi connectivity index (χ4v) is 4.13. The first kappa shape index (κ1) is 27.5. The van der Waals surface area contributed by atoms with Crippen LogP contribution in [0.25, 0.3) is 0 Å². The molecule has 3 rings (SSSR count). The van der Waals surface area contributed by atoms with Gasteiger partial charge in [-0.2, -0.15) is 9.97 Å². The minimum absolute atomic E-state index is 0.118. The van der Waals surface area contributed by atoms with Crippen molar-refractivity contribution < 1.29 is 28.5 Å². The zero-order valence-corrected chi connectivity index (χ0v) is 22.4. The third-order valence-electron chi connectivity index (χ3n) is 5.51. The molecule has 0 aliphatic carbocycles. The molecule has 0 N–H and O–H groups in total. The summed E-state index contributed by atoms with van der Waals surface area (Å²) >= 11 is 0. The minimum atomic E-state index is -0.595. The maximum atomic E-state index is 13.2. The molecule has 1 aliphatic heterocycles. The third kappa shape index (κ3) is 7.22. The summed E-state index contributed by atoms with van der Waals surface area (Å²) in [6.45, 7) is 12.5. The highest BCUT2D eigenvalue weighted by Crippen LogP contribution is 2.37. The summed E-state index contributed by atoms with van der Waals surface area (Å²) in [5.74, 6) is 0.691. The number of ether oxygens (including phenoxy) is 5. The van der Waals surface area contributed by atoms with Crippen molar-refractivity contribution >= 4 is 6.09 Å². The minimum Gasteiger partial charge on any atom is -0.480 e. The Kier molecular flexibility index (Phi) is 9.37. The van der Waals surface area contributed by atoms with Crippen molar-refractivity contribution in [2.45, 2.75) is 84.8 Å². The second-order valence-electron chi connectivity index (χ2n) is 9.92. The SMILES string of the molecule is CCOc1nc(OC)c(CO[C@H]2CCCN(C(=O)OC(C)(C)C)[C@H]2c2ccccc2)c(OC(C)C)n1. The Hall–Kier alpha value is -3.07. The number of likely N-dealkylation sites (tertiary alicyclic amines) is 1. The van der Waals surface area contributed by atoms with Gasteiger partial charge in [-0.05, 0) is 59.9 Å². The summed E-state index contributed by atoms with van der Waals surface area (Å²) in [5.41, 5.74) is 0.986. The van der Waals surface area contributed by atoms with Gasteiger partial charge in [0.05, 0.1) is 38.6 Å². The van der Waals surface area contributed by atoms with Crippen LogP contribution in [0.5, 0.6) is 17.8 Å². The number of hydrogen-bond donors (Lipinski definition) is 0. The average molecular weight is 502 g/mol. The molecule has 0 saturated carbocycles. The van der Waals surface area contributed by atoms with Crippen LogP contribution in [0.3, 0.4) is 0 Å². The Morgan fingerprint density at radius 3 is 2.44 bits per heavy atom. The fraction of sp³-hybridized carbons (Fsp3) is 0.593. The number of carbonyl (C=O) groups is 1. The standard InChI is InChI=1S/C27H39N3O6/c1-8-33-25-28-23(32-7)20(24(29-25)35-18(2)3)17-34-21-15-12-16-30(26(31)36-27(4,5)6)22(21)19-13-10-9-11-14-19/h9-11,13-14,18,21-22H,8,12,15-17H2,1-7H3/t21-,22-/m0/s1. The van der Waals surface area contributed by atoms with Gasteiger partial charge < -0.3 is 23.7 Å². The number of methoxy groups -OCH3 is 1. The Bertz CT molecular complexity index is 993. The van der Waals surface area contributed by atoms with Crippen LogP contribution < -0.4 is 14.2 Å². The lowest BCUT2D eigenvalue weighted by Gasteiger charge is -2.41. The number of carbonyl (C=O) groups excluding carboxylic acids is 1. The van der Waals surface area contributed by atoms with Gasteiger partial charge in [0.15, 0.2) is 0 Å². The summed E-state index contributed by atoms with van der Waals surface area (Å²) in [4.78, 5) is 23.7. The first-order valence-corrected chi connectivity index (χ1v) is 12.5. The fourth-order valence-electron chi connectivity index (χ4n) is 4.13. The van der Waals surface area contributed by atoms with Crippen LogP contribution in [0.4, 0.5) is 4.79 Å². The maximum Gasteiger partial charge on any atom is 0.410 e. The van der Waals surface area contributed by atoms with E-state index in [1.807, 2.05) is 71.9 Å². The summed E-state index contributed by atoms with van der Waals surface area (Å²) in [7, 11) is 1.54. The predicted molar refractivity (Wildman–Crippen MR) is 135 cm³/mol. The smallest absolute Gasteiger partial charge is 0.410 e. The Balaban J connectivity index is 1.91. The molecule has 9 nitrogen and oxygen atoms in total. The lowest BCUT2D eigenvalue weighted by atomic mass is 9.92. The van der Waals surface area contributed by atoms with Crippen LogP contribution in [-0.2, 0) is 16.1 Å². The van der Waals surface area contributed by atoms with Crippen LogP contribution >= 0.6 is 0 Å². The van der Waals surface area contributed by atoms with Gasteiger partial charge in [-0.3, -0.25) is 4.90 Å². The van der Waals surface area contributed by atoms with Crippen molar-refractivity contribution in [2.75, 3.05) is 20.3 Å². The maximum absolute atomic E-state index is 13.2. The highest BCUT2D eigenvalue weighted by atomic mass is 16.6. The van der Waals surface area contributed by atoms with Gasteiger partial charge in [0.1, 0.15) is 11.2 Å². The van der Waals surface area contributed by atoms with E-state index in [1.54, 1.807) is 12.0 Å². The number of benzene rings is 1. The number of rotatable bonds is 9. The van der Waals surface area contributed by atoms with Gasteiger partial charge in [-0.1, -0.05) is 30.3 Å². The van der Waals surface area contributed by atoms with Gasteiger partial charge in [0.25, 0.3) is 0 Å². The van der Waals surface area contributed by atoms with Gasteiger partial charge >= 0.3 is 12.1 Å². The van der Waals surface area contributed by atoms with Gasteiger partial charge in [-0.15, -0.1) is 0 Å². The molecule has 198 valence electrons. The molecule has 1 amide bonds. The van der Waals surface area contributed by atoms with E-state index in [4.69, 9.17) is 23.7 Å². The van der Waals surface area contributed by atoms with Crippen molar-refractivity contribution in [3.63, 3.8) is 0 Å². The third-order valence-corrected chi connectivity index (χ3v) is 5.51. The number of aromatic nitrogens is 2. The van der Waals surface area contributed by atoms with Crippen LogP contribution in [0.1, 0.15) is 71.6 Å². The van der Waals surface area contributed by atoms with E-state index in [2.05, 4.69) is 9.97 Å². The second kappa shape index (κ2) is 12.3. The second-order valence-corrected chi connectivity index (χ2v) is 9.92. The van der Waals surface area contributed by atoms with Crippen molar-refractivity contribution in [1.82, 2.24) is 14.9 Å². The van der Waals surface area contributed by atoms with Gasteiger partial charge in [-0.25, -0.2) is 4.79 Å². The zero-order chi connectivity index (χ0) is 26.3. The van der Waals surface area contributed by atoms with Crippen LogP contribution in [-0.4, -0.2) is 59.0 Å². The molecule has 2 heterocycles. The lowest BCUT2D eigenvalue weighted by Crippen LogP contribution is -2.47. The summed E-state index contributed by atoms with van der Waals surface area (Å²) in [6.07, 6.45) is 0.818. The molecule has 36 heavy (non-hydrogen) atoms. The van der Waals surface area contributed by atoms with Gasteiger partial charge in [0.2, 0.25) is 11.8 Å². The first-order chi connectivity index (χ1) is 17.1. The van der Waals surface area contributed by atoms with E-state index in [0.29, 0.717) is 30.5 Å². The molecule has 0 unspecified atom stereocenters. The highest BCUT2D eigenvalue weighted by molar-refractivity contribution is 5.69. The molecule has 0 spiro atoms. The van der Waals surface area contributed by atoms with Crippen molar-refractivity contribution in [1.29, 1.82) is 0 Å². The van der Waals surface area contributed by atoms with Crippen LogP contribution in [0.2, 0.25) is 0 Å². The number of amides is 1. The zero-order valence-electron chi connectivity index (χ0n) is 22.4. The molecule has 1 aromatic heterocycles. The molecule has 1 saturated heterocycles. The number of nitrogens with zero attached hydrogens (tertiary/aromatic N) is 3. The largest absolute Gasteiger partial charge is 0.480 e. The van der Waals surface area contributed by atoms with E-state index in [-0.39, 0.29) is 37.0 Å². The van der Waals surface area contributed by atoms with E-state index < -0.39 is 5.60 Å². The molecule has 1 aliphatic rings. The topological polar surface area (TPSA) is 92.2 Å². The van der Waals surface area contributed by atoms with Crippen LogP contribution in [0, 0.1) is 0 Å². The average Bonchev–Trinajstić information content (AvgIpc) is 2.82. The Morgan fingerprint density at radius 1 is 1.14 bits per heavy atom.